The number of carbonyl (C=O) groups excluding carboxylic acids is 1. The average Bonchev–Trinajstić information content (AvgIpc) is 2.59. The van der Waals surface area contributed by atoms with Gasteiger partial charge in [0.15, 0.2) is 0 Å². The number of nitrogens with one attached hydrogen (secondary N) is 1. The van der Waals surface area contributed by atoms with Gasteiger partial charge >= 0.3 is 0 Å². The molecule has 0 spiro atoms. The highest BCUT2D eigenvalue weighted by Gasteiger charge is 2.12. The maximum Gasteiger partial charge on any atom is 0.220 e. The van der Waals surface area contributed by atoms with E-state index < -0.39 is 0 Å². The molecule has 1 aromatic carbocycles. The second-order valence-electron chi connectivity index (χ2n) is 7.24. The highest BCUT2D eigenvalue weighted by molar-refractivity contribution is 5.76. The summed E-state index contributed by atoms with van der Waals surface area (Å²) in [6.45, 7) is 10.9. The van der Waals surface area contributed by atoms with Crippen molar-refractivity contribution in [1.29, 1.82) is 0 Å². The van der Waals surface area contributed by atoms with Crippen molar-refractivity contribution in [2.24, 2.45) is 0 Å². The lowest BCUT2D eigenvalue weighted by Crippen LogP contribution is -2.45. The molecule has 1 fully saturated rings. The quantitative estimate of drug-likeness (QED) is 0.744. The van der Waals surface area contributed by atoms with Gasteiger partial charge in [-0.05, 0) is 43.5 Å². The zero-order valence-electron chi connectivity index (χ0n) is 15.6. The number of aryl methyl sites for hydroxylation is 1. The predicted molar refractivity (Wildman–Crippen MR) is 100 cm³/mol. The number of hydrogen-bond donors (Lipinski definition) is 1. The standard InChI is InChI=1S/C20H33N3O/c1-17(2)19-8-5-18(6-9-19)7-10-20(24)21-11-4-12-23-15-13-22(3)14-16-23/h5-6,8-9,17H,4,7,10-16H2,1-3H3,(H,21,24). The average molecular weight is 332 g/mol. The maximum atomic E-state index is 12.0. The molecule has 1 aliphatic rings. The molecule has 1 aromatic rings. The maximum absolute atomic E-state index is 12.0. The van der Waals surface area contributed by atoms with Crippen LogP contribution in [0, 0.1) is 0 Å². The van der Waals surface area contributed by atoms with Gasteiger partial charge in [0, 0.05) is 39.1 Å². The van der Waals surface area contributed by atoms with E-state index in [9.17, 15) is 4.79 Å². The molecule has 0 saturated carbocycles. The molecule has 4 nitrogen and oxygen atoms in total. The van der Waals surface area contributed by atoms with E-state index in [1.54, 1.807) is 0 Å². The minimum Gasteiger partial charge on any atom is -0.356 e. The number of benzene rings is 1. The van der Waals surface area contributed by atoms with E-state index in [1.807, 2.05) is 0 Å². The Bertz CT molecular complexity index is 490. The Balaban J connectivity index is 1.56. The largest absolute Gasteiger partial charge is 0.356 e. The highest BCUT2D eigenvalue weighted by Crippen LogP contribution is 2.15. The molecular weight excluding hydrogens is 298 g/mol. The molecule has 4 heteroatoms. The molecule has 0 radical (unpaired) electrons. The normalized spacial score (nSPS) is 16.5. The van der Waals surface area contributed by atoms with Crippen LogP contribution < -0.4 is 5.32 Å². The Morgan fingerprint density at radius 1 is 1.12 bits per heavy atom. The second-order valence-corrected chi connectivity index (χ2v) is 7.24. The van der Waals surface area contributed by atoms with Crippen molar-refractivity contribution in [2.45, 2.75) is 39.0 Å². The predicted octanol–water partition coefficient (Wildman–Crippen LogP) is 2.50. The van der Waals surface area contributed by atoms with Crippen molar-refractivity contribution in [3.63, 3.8) is 0 Å². The molecule has 1 aliphatic heterocycles. The van der Waals surface area contributed by atoms with Crippen molar-refractivity contribution in [3.05, 3.63) is 35.4 Å². The van der Waals surface area contributed by atoms with Gasteiger partial charge in [0.1, 0.15) is 0 Å². The Morgan fingerprint density at radius 3 is 2.42 bits per heavy atom. The Morgan fingerprint density at radius 2 is 1.79 bits per heavy atom. The summed E-state index contributed by atoms with van der Waals surface area (Å²) in [6.07, 6.45) is 2.44. The van der Waals surface area contributed by atoms with Crippen molar-refractivity contribution >= 4 is 5.91 Å². The molecule has 1 amide bonds. The second kappa shape index (κ2) is 9.80. The van der Waals surface area contributed by atoms with Crippen molar-refractivity contribution in [2.75, 3.05) is 46.3 Å². The summed E-state index contributed by atoms with van der Waals surface area (Å²) in [5.74, 6) is 0.726. The molecule has 1 saturated heterocycles. The molecule has 24 heavy (non-hydrogen) atoms. The van der Waals surface area contributed by atoms with E-state index >= 15 is 0 Å². The molecule has 0 aliphatic carbocycles. The molecule has 134 valence electrons. The summed E-state index contributed by atoms with van der Waals surface area (Å²) in [7, 11) is 2.17. The van der Waals surface area contributed by atoms with Crippen LogP contribution in [0.15, 0.2) is 24.3 Å². The first-order valence-electron chi connectivity index (χ1n) is 9.31. The first-order chi connectivity index (χ1) is 11.5. The van der Waals surface area contributed by atoms with E-state index in [2.05, 4.69) is 60.3 Å². The minimum atomic E-state index is 0.168. The third-order valence-electron chi connectivity index (χ3n) is 4.86. The first-order valence-corrected chi connectivity index (χ1v) is 9.31. The summed E-state index contributed by atoms with van der Waals surface area (Å²) >= 11 is 0. The topological polar surface area (TPSA) is 35.6 Å². The van der Waals surface area contributed by atoms with E-state index in [1.165, 1.54) is 11.1 Å². The van der Waals surface area contributed by atoms with E-state index in [4.69, 9.17) is 0 Å². The zero-order valence-corrected chi connectivity index (χ0v) is 15.6. The summed E-state index contributed by atoms with van der Waals surface area (Å²) in [5, 5.41) is 3.05. The van der Waals surface area contributed by atoms with Gasteiger partial charge in [-0.15, -0.1) is 0 Å². The third-order valence-corrected chi connectivity index (χ3v) is 4.86. The molecule has 0 aromatic heterocycles. The molecule has 1 heterocycles. The Labute approximate surface area is 147 Å². The Hall–Kier alpha value is -1.39. The monoisotopic (exact) mass is 331 g/mol. The van der Waals surface area contributed by atoms with Gasteiger partial charge in [0.2, 0.25) is 5.91 Å². The summed E-state index contributed by atoms with van der Waals surface area (Å²) < 4.78 is 0. The summed E-state index contributed by atoms with van der Waals surface area (Å²) in [6, 6.07) is 8.65. The lowest BCUT2D eigenvalue weighted by Gasteiger charge is -2.32. The number of likely N-dealkylation sites (N-methyl/N-ethyl adjacent to an activating group) is 1. The first kappa shape index (κ1) is 18.9. The van der Waals surface area contributed by atoms with Crippen molar-refractivity contribution in [1.82, 2.24) is 15.1 Å². The number of hydrogen-bond acceptors (Lipinski definition) is 3. The minimum absolute atomic E-state index is 0.168. The van der Waals surface area contributed by atoms with Gasteiger partial charge in [-0.2, -0.15) is 0 Å². The lowest BCUT2D eigenvalue weighted by atomic mass is 10.0. The van der Waals surface area contributed by atoms with Crippen LogP contribution >= 0.6 is 0 Å². The fourth-order valence-corrected chi connectivity index (χ4v) is 3.02. The highest BCUT2D eigenvalue weighted by atomic mass is 16.1. The fraction of sp³-hybridized carbons (Fsp3) is 0.650. The van der Waals surface area contributed by atoms with Crippen LogP contribution in [0.4, 0.5) is 0 Å². The van der Waals surface area contributed by atoms with Gasteiger partial charge < -0.3 is 15.1 Å². The lowest BCUT2D eigenvalue weighted by molar-refractivity contribution is -0.121. The van der Waals surface area contributed by atoms with Gasteiger partial charge in [-0.3, -0.25) is 4.79 Å². The Kier molecular flexibility index (Phi) is 7.73. The van der Waals surface area contributed by atoms with Crippen LogP contribution in [-0.4, -0.2) is 62.0 Å². The van der Waals surface area contributed by atoms with Gasteiger partial charge in [0.05, 0.1) is 0 Å². The van der Waals surface area contributed by atoms with Gasteiger partial charge in [-0.1, -0.05) is 38.1 Å². The van der Waals surface area contributed by atoms with E-state index in [0.29, 0.717) is 12.3 Å². The SMILES string of the molecule is CC(C)c1ccc(CCC(=O)NCCCN2CCN(C)CC2)cc1. The summed E-state index contributed by atoms with van der Waals surface area (Å²) in [5.41, 5.74) is 2.60. The molecule has 1 N–H and O–H groups in total. The van der Waals surface area contributed by atoms with Crippen molar-refractivity contribution < 1.29 is 4.79 Å². The van der Waals surface area contributed by atoms with E-state index in [0.717, 1.165) is 52.1 Å². The van der Waals surface area contributed by atoms with Gasteiger partial charge in [0.25, 0.3) is 0 Å². The number of rotatable bonds is 8. The number of piperazine rings is 1. The fourth-order valence-electron chi connectivity index (χ4n) is 3.02. The molecular formula is C20H33N3O. The van der Waals surface area contributed by atoms with Gasteiger partial charge in [-0.25, -0.2) is 0 Å². The molecule has 0 atom stereocenters. The van der Waals surface area contributed by atoms with Crippen LogP contribution in [0.3, 0.4) is 0 Å². The third kappa shape index (κ3) is 6.62. The van der Waals surface area contributed by atoms with Crippen LogP contribution in [-0.2, 0) is 11.2 Å². The molecule has 2 rings (SSSR count). The van der Waals surface area contributed by atoms with Crippen LogP contribution in [0.2, 0.25) is 0 Å². The van der Waals surface area contributed by atoms with Crippen LogP contribution in [0.5, 0.6) is 0 Å². The number of carbonyl (C=O) groups is 1. The number of nitrogens with zero attached hydrogens (tertiary/aromatic N) is 2. The van der Waals surface area contributed by atoms with Crippen LogP contribution in [0.1, 0.15) is 43.7 Å². The number of amides is 1. The van der Waals surface area contributed by atoms with E-state index in [-0.39, 0.29) is 5.91 Å². The smallest absolute Gasteiger partial charge is 0.220 e. The van der Waals surface area contributed by atoms with Crippen molar-refractivity contribution in [3.8, 4) is 0 Å². The molecule has 0 unspecified atom stereocenters. The van der Waals surface area contributed by atoms with Crippen LogP contribution in [0.25, 0.3) is 0 Å². The zero-order chi connectivity index (χ0) is 17.4. The molecule has 0 bridgehead atoms. The summed E-state index contributed by atoms with van der Waals surface area (Å²) in [4.78, 5) is 16.8.